The molecule has 136 valence electrons. The first-order valence-corrected chi connectivity index (χ1v) is 9.25. The molecular formula is C17H30N4O3. The SMILES string of the molecule is CC[C@@H]1CN(C(=O)[C@H]2CCCN(C(N)=O)C2)C[C@H]1N1CCOCC1. The van der Waals surface area contributed by atoms with Crippen LogP contribution in [0.2, 0.25) is 0 Å². The summed E-state index contributed by atoms with van der Waals surface area (Å²) in [6, 6.07) is 0.0326. The topological polar surface area (TPSA) is 79.1 Å². The number of likely N-dealkylation sites (tertiary alicyclic amines) is 2. The number of nitrogens with zero attached hydrogens (tertiary/aromatic N) is 3. The predicted octanol–water partition coefficient (Wildman–Crippen LogP) is 0.346. The van der Waals surface area contributed by atoms with Gasteiger partial charge in [-0.2, -0.15) is 0 Å². The maximum Gasteiger partial charge on any atom is 0.314 e. The summed E-state index contributed by atoms with van der Waals surface area (Å²) in [6.45, 7) is 8.51. The van der Waals surface area contributed by atoms with Gasteiger partial charge < -0.3 is 20.3 Å². The lowest BCUT2D eigenvalue weighted by Gasteiger charge is -2.35. The van der Waals surface area contributed by atoms with Crippen molar-refractivity contribution in [1.29, 1.82) is 0 Å². The van der Waals surface area contributed by atoms with E-state index in [1.165, 1.54) is 0 Å². The number of carbonyl (C=O) groups is 2. The van der Waals surface area contributed by atoms with Crippen molar-refractivity contribution in [3.05, 3.63) is 0 Å². The van der Waals surface area contributed by atoms with Gasteiger partial charge >= 0.3 is 6.03 Å². The van der Waals surface area contributed by atoms with Crippen LogP contribution in [-0.4, -0.2) is 85.2 Å². The van der Waals surface area contributed by atoms with Crippen LogP contribution in [0.15, 0.2) is 0 Å². The van der Waals surface area contributed by atoms with Gasteiger partial charge in [-0.05, 0) is 18.8 Å². The fourth-order valence-electron chi connectivity index (χ4n) is 4.40. The lowest BCUT2D eigenvalue weighted by Crippen LogP contribution is -2.49. The van der Waals surface area contributed by atoms with Crippen LogP contribution in [0.5, 0.6) is 0 Å². The zero-order valence-corrected chi connectivity index (χ0v) is 14.7. The van der Waals surface area contributed by atoms with E-state index in [0.29, 0.717) is 25.0 Å². The van der Waals surface area contributed by atoms with Gasteiger partial charge in [0.2, 0.25) is 5.91 Å². The zero-order chi connectivity index (χ0) is 17.1. The molecule has 3 aliphatic rings. The minimum absolute atomic E-state index is 0.0906. The summed E-state index contributed by atoms with van der Waals surface area (Å²) in [7, 11) is 0. The average molecular weight is 338 g/mol. The molecule has 0 bridgehead atoms. The molecule has 7 nitrogen and oxygen atoms in total. The number of hydrogen-bond acceptors (Lipinski definition) is 4. The number of morpholine rings is 1. The first-order valence-electron chi connectivity index (χ1n) is 9.25. The standard InChI is InChI=1S/C17H30N4O3/c1-2-13-10-21(12-15(13)19-6-8-24-9-7-19)16(22)14-4-3-5-20(11-14)17(18)23/h13-15H,2-12H2,1H3,(H2,18,23)/t13-,14+,15-/m1/s1. The molecule has 0 saturated carbocycles. The van der Waals surface area contributed by atoms with Crippen molar-refractivity contribution in [3.63, 3.8) is 0 Å². The highest BCUT2D eigenvalue weighted by molar-refractivity contribution is 5.81. The van der Waals surface area contributed by atoms with Crippen LogP contribution in [-0.2, 0) is 9.53 Å². The Hall–Kier alpha value is -1.34. The van der Waals surface area contributed by atoms with E-state index in [1.54, 1.807) is 4.90 Å². The highest BCUT2D eigenvalue weighted by atomic mass is 16.5. The van der Waals surface area contributed by atoms with Crippen molar-refractivity contribution in [1.82, 2.24) is 14.7 Å². The van der Waals surface area contributed by atoms with Crippen LogP contribution in [0.4, 0.5) is 4.79 Å². The molecule has 3 heterocycles. The van der Waals surface area contributed by atoms with Gasteiger partial charge in [0, 0.05) is 45.3 Å². The Labute approximate surface area is 144 Å². The minimum atomic E-state index is -0.411. The van der Waals surface area contributed by atoms with Gasteiger partial charge in [0.15, 0.2) is 0 Å². The fraction of sp³-hybridized carbons (Fsp3) is 0.882. The van der Waals surface area contributed by atoms with Crippen LogP contribution in [0.3, 0.4) is 0 Å². The number of piperidine rings is 1. The Balaban J connectivity index is 1.62. The predicted molar refractivity (Wildman–Crippen MR) is 90.4 cm³/mol. The number of urea groups is 1. The summed E-state index contributed by atoms with van der Waals surface area (Å²) in [5.41, 5.74) is 5.39. The molecule has 24 heavy (non-hydrogen) atoms. The second-order valence-corrected chi connectivity index (χ2v) is 7.25. The molecule has 3 atom stereocenters. The van der Waals surface area contributed by atoms with Crippen LogP contribution in [0.25, 0.3) is 0 Å². The molecule has 3 saturated heterocycles. The highest BCUT2D eigenvalue weighted by Gasteiger charge is 2.40. The summed E-state index contributed by atoms with van der Waals surface area (Å²) in [5, 5.41) is 0. The first-order chi connectivity index (χ1) is 11.6. The average Bonchev–Trinajstić information content (AvgIpc) is 3.06. The molecule has 0 spiro atoms. The Morgan fingerprint density at radius 1 is 1.08 bits per heavy atom. The summed E-state index contributed by atoms with van der Waals surface area (Å²) >= 11 is 0. The number of carbonyl (C=O) groups excluding carboxylic acids is 2. The molecule has 3 fully saturated rings. The van der Waals surface area contributed by atoms with Crippen LogP contribution >= 0.6 is 0 Å². The number of primary amides is 1. The zero-order valence-electron chi connectivity index (χ0n) is 14.7. The Morgan fingerprint density at radius 2 is 1.83 bits per heavy atom. The Morgan fingerprint density at radius 3 is 2.50 bits per heavy atom. The summed E-state index contributed by atoms with van der Waals surface area (Å²) in [5.74, 6) is 0.644. The number of hydrogen-bond donors (Lipinski definition) is 1. The smallest absolute Gasteiger partial charge is 0.314 e. The molecule has 2 N–H and O–H groups in total. The molecule has 3 rings (SSSR count). The molecule has 3 amide bonds. The molecule has 0 aliphatic carbocycles. The quantitative estimate of drug-likeness (QED) is 0.805. The third kappa shape index (κ3) is 3.67. The van der Waals surface area contributed by atoms with Crippen LogP contribution in [0, 0.1) is 11.8 Å². The molecule has 0 aromatic rings. The maximum absolute atomic E-state index is 13.0. The van der Waals surface area contributed by atoms with Crippen molar-refractivity contribution in [2.45, 2.75) is 32.2 Å². The third-order valence-corrected chi connectivity index (χ3v) is 5.84. The minimum Gasteiger partial charge on any atom is -0.379 e. The van der Waals surface area contributed by atoms with Crippen molar-refractivity contribution in [3.8, 4) is 0 Å². The normalized spacial score (nSPS) is 32.1. The van der Waals surface area contributed by atoms with Gasteiger partial charge in [-0.1, -0.05) is 13.3 Å². The van der Waals surface area contributed by atoms with E-state index >= 15 is 0 Å². The van der Waals surface area contributed by atoms with Crippen LogP contribution in [0.1, 0.15) is 26.2 Å². The lowest BCUT2D eigenvalue weighted by atomic mass is 9.97. The fourth-order valence-corrected chi connectivity index (χ4v) is 4.40. The van der Waals surface area contributed by atoms with E-state index in [4.69, 9.17) is 10.5 Å². The molecule has 0 aromatic heterocycles. The Kier molecular flexibility index (Phi) is 5.61. The third-order valence-electron chi connectivity index (χ3n) is 5.84. The van der Waals surface area contributed by atoms with Crippen molar-refractivity contribution in [2.75, 3.05) is 52.5 Å². The number of rotatable bonds is 3. The largest absolute Gasteiger partial charge is 0.379 e. The molecule has 3 aliphatic heterocycles. The molecule has 0 unspecified atom stereocenters. The highest BCUT2D eigenvalue weighted by Crippen LogP contribution is 2.28. The van der Waals surface area contributed by atoms with E-state index in [1.807, 2.05) is 4.90 Å². The van der Waals surface area contributed by atoms with E-state index in [-0.39, 0.29) is 11.8 Å². The summed E-state index contributed by atoms with van der Waals surface area (Å²) < 4.78 is 5.46. The number of amides is 3. The summed E-state index contributed by atoms with van der Waals surface area (Å²) in [4.78, 5) is 30.5. The van der Waals surface area contributed by atoms with Gasteiger partial charge in [0.25, 0.3) is 0 Å². The van der Waals surface area contributed by atoms with E-state index in [2.05, 4.69) is 11.8 Å². The second-order valence-electron chi connectivity index (χ2n) is 7.25. The molecule has 0 radical (unpaired) electrons. The Bertz CT molecular complexity index is 467. The number of ether oxygens (including phenoxy) is 1. The molecular weight excluding hydrogens is 308 g/mol. The summed E-state index contributed by atoms with van der Waals surface area (Å²) in [6.07, 6.45) is 2.80. The van der Waals surface area contributed by atoms with E-state index in [9.17, 15) is 9.59 Å². The maximum atomic E-state index is 13.0. The van der Waals surface area contributed by atoms with Gasteiger partial charge in [-0.25, -0.2) is 4.79 Å². The molecule has 0 aromatic carbocycles. The van der Waals surface area contributed by atoms with Crippen molar-refractivity contribution in [2.24, 2.45) is 17.6 Å². The number of nitrogens with two attached hydrogens (primary N) is 1. The van der Waals surface area contributed by atoms with Gasteiger partial charge in [-0.15, -0.1) is 0 Å². The van der Waals surface area contributed by atoms with E-state index < -0.39 is 6.03 Å². The lowest BCUT2D eigenvalue weighted by molar-refractivity contribution is -0.136. The van der Waals surface area contributed by atoms with Gasteiger partial charge in [-0.3, -0.25) is 9.69 Å². The van der Waals surface area contributed by atoms with Gasteiger partial charge in [0.1, 0.15) is 0 Å². The molecule has 7 heteroatoms. The van der Waals surface area contributed by atoms with Crippen molar-refractivity contribution >= 4 is 11.9 Å². The van der Waals surface area contributed by atoms with Gasteiger partial charge in [0.05, 0.1) is 19.1 Å². The van der Waals surface area contributed by atoms with Crippen molar-refractivity contribution < 1.29 is 14.3 Å². The monoisotopic (exact) mass is 338 g/mol. The van der Waals surface area contributed by atoms with Crippen LogP contribution < -0.4 is 5.73 Å². The second kappa shape index (κ2) is 7.70. The first kappa shape index (κ1) is 17.5. The van der Waals surface area contributed by atoms with E-state index in [0.717, 1.165) is 58.7 Å².